The van der Waals surface area contributed by atoms with Gasteiger partial charge in [-0.05, 0) is 51.1 Å². The second-order valence-corrected chi connectivity index (χ2v) is 7.90. The highest BCUT2D eigenvalue weighted by Gasteiger charge is 2.24. The zero-order valence-electron chi connectivity index (χ0n) is 17.2. The summed E-state index contributed by atoms with van der Waals surface area (Å²) in [4.78, 5) is 9.48. The molecular weight excluding hydrogens is 328 g/mol. The molecule has 2 rings (SSSR count). The standard InChI is InChI=1S/C20H40N4O2/c1-18-7-6-11-23(15-18)10-5-4-9-22-20(21-2)24-12-8-19(16-24)17-26-14-13-25-3/h18-19H,4-17H2,1-3H3,(H,21,22). The van der Waals surface area contributed by atoms with E-state index in [4.69, 9.17) is 9.47 Å². The summed E-state index contributed by atoms with van der Waals surface area (Å²) in [6.07, 6.45) is 6.44. The van der Waals surface area contributed by atoms with Gasteiger partial charge in [-0.15, -0.1) is 0 Å². The molecular formula is C20H40N4O2. The third-order valence-corrected chi connectivity index (χ3v) is 5.51. The van der Waals surface area contributed by atoms with E-state index in [-0.39, 0.29) is 0 Å². The number of unbranched alkanes of at least 4 members (excludes halogenated alkanes) is 1. The van der Waals surface area contributed by atoms with E-state index in [0.717, 1.165) is 38.1 Å². The summed E-state index contributed by atoms with van der Waals surface area (Å²) >= 11 is 0. The van der Waals surface area contributed by atoms with E-state index in [9.17, 15) is 0 Å². The molecule has 0 aromatic carbocycles. The number of methoxy groups -OCH3 is 1. The van der Waals surface area contributed by atoms with Crippen LogP contribution < -0.4 is 5.32 Å². The van der Waals surface area contributed by atoms with Crippen molar-refractivity contribution >= 4 is 5.96 Å². The van der Waals surface area contributed by atoms with E-state index in [0.29, 0.717) is 19.1 Å². The zero-order valence-corrected chi connectivity index (χ0v) is 17.2. The van der Waals surface area contributed by atoms with Crippen LogP contribution in [0.4, 0.5) is 0 Å². The molecule has 2 atom stereocenters. The van der Waals surface area contributed by atoms with Crippen LogP contribution in [-0.4, -0.2) is 89.0 Å². The van der Waals surface area contributed by atoms with Gasteiger partial charge in [-0.25, -0.2) is 0 Å². The third-order valence-electron chi connectivity index (χ3n) is 5.51. The average molecular weight is 369 g/mol. The Morgan fingerprint density at radius 2 is 2.04 bits per heavy atom. The maximum atomic E-state index is 5.68. The van der Waals surface area contributed by atoms with Gasteiger partial charge in [0.25, 0.3) is 0 Å². The summed E-state index contributed by atoms with van der Waals surface area (Å²) in [7, 11) is 3.60. The van der Waals surface area contributed by atoms with E-state index < -0.39 is 0 Å². The average Bonchev–Trinajstić information content (AvgIpc) is 3.10. The molecule has 2 unspecified atom stereocenters. The van der Waals surface area contributed by atoms with Crippen LogP contribution in [-0.2, 0) is 9.47 Å². The van der Waals surface area contributed by atoms with Gasteiger partial charge in [-0.3, -0.25) is 4.99 Å². The number of hydrogen-bond acceptors (Lipinski definition) is 4. The molecule has 0 amide bonds. The smallest absolute Gasteiger partial charge is 0.193 e. The van der Waals surface area contributed by atoms with Crippen LogP contribution in [0.2, 0.25) is 0 Å². The van der Waals surface area contributed by atoms with Gasteiger partial charge in [0.1, 0.15) is 0 Å². The third kappa shape index (κ3) is 7.80. The number of aliphatic imine (C=N–C) groups is 1. The number of nitrogens with zero attached hydrogens (tertiary/aromatic N) is 3. The minimum atomic E-state index is 0.603. The van der Waals surface area contributed by atoms with Crippen molar-refractivity contribution in [3.05, 3.63) is 0 Å². The van der Waals surface area contributed by atoms with Crippen LogP contribution in [0.1, 0.15) is 39.0 Å². The molecule has 2 aliphatic rings. The number of likely N-dealkylation sites (tertiary alicyclic amines) is 2. The van der Waals surface area contributed by atoms with Crippen LogP contribution in [0.5, 0.6) is 0 Å². The van der Waals surface area contributed by atoms with Crippen molar-refractivity contribution in [2.24, 2.45) is 16.8 Å². The van der Waals surface area contributed by atoms with E-state index in [1.807, 2.05) is 7.05 Å². The topological polar surface area (TPSA) is 49.3 Å². The number of nitrogens with one attached hydrogen (secondary N) is 1. The summed E-state index contributed by atoms with van der Waals surface area (Å²) in [6.45, 7) is 11.5. The van der Waals surface area contributed by atoms with Crippen LogP contribution in [0.25, 0.3) is 0 Å². The molecule has 0 bridgehead atoms. The number of rotatable bonds is 10. The maximum Gasteiger partial charge on any atom is 0.193 e. The first-order chi connectivity index (χ1) is 12.7. The van der Waals surface area contributed by atoms with Crippen molar-refractivity contribution < 1.29 is 9.47 Å². The molecule has 152 valence electrons. The lowest BCUT2D eigenvalue weighted by molar-refractivity contribution is 0.0536. The van der Waals surface area contributed by atoms with Crippen molar-refractivity contribution in [1.29, 1.82) is 0 Å². The molecule has 26 heavy (non-hydrogen) atoms. The van der Waals surface area contributed by atoms with Crippen molar-refractivity contribution in [3.63, 3.8) is 0 Å². The van der Waals surface area contributed by atoms with Gasteiger partial charge in [0.05, 0.1) is 19.8 Å². The highest BCUT2D eigenvalue weighted by molar-refractivity contribution is 5.80. The molecule has 0 aromatic heterocycles. The quantitative estimate of drug-likeness (QED) is 0.363. The summed E-state index contributed by atoms with van der Waals surface area (Å²) in [5, 5.41) is 3.55. The van der Waals surface area contributed by atoms with Crippen LogP contribution >= 0.6 is 0 Å². The second kappa shape index (κ2) is 12.5. The summed E-state index contributed by atoms with van der Waals surface area (Å²) in [6, 6.07) is 0. The Bertz CT molecular complexity index is 405. The van der Waals surface area contributed by atoms with Crippen LogP contribution in [0, 0.1) is 11.8 Å². The zero-order chi connectivity index (χ0) is 18.6. The molecule has 2 saturated heterocycles. The maximum absolute atomic E-state index is 5.68. The second-order valence-electron chi connectivity index (χ2n) is 7.90. The Hall–Kier alpha value is -0.850. The van der Waals surface area contributed by atoms with Gasteiger partial charge >= 0.3 is 0 Å². The molecule has 2 fully saturated rings. The van der Waals surface area contributed by atoms with Gasteiger partial charge in [-0.1, -0.05) is 6.92 Å². The van der Waals surface area contributed by atoms with Gasteiger partial charge in [0.15, 0.2) is 5.96 Å². The monoisotopic (exact) mass is 368 g/mol. The largest absolute Gasteiger partial charge is 0.382 e. The van der Waals surface area contributed by atoms with E-state index in [1.165, 1.54) is 51.7 Å². The normalized spacial score (nSPS) is 25.0. The van der Waals surface area contributed by atoms with Gasteiger partial charge in [-0.2, -0.15) is 0 Å². The number of piperidine rings is 1. The first-order valence-corrected chi connectivity index (χ1v) is 10.5. The molecule has 6 heteroatoms. The van der Waals surface area contributed by atoms with Crippen molar-refractivity contribution in [2.75, 3.05) is 73.2 Å². The minimum absolute atomic E-state index is 0.603. The number of ether oxygens (including phenoxy) is 2. The fourth-order valence-corrected chi connectivity index (χ4v) is 4.04. The lowest BCUT2D eigenvalue weighted by atomic mass is 10.0. The highest BCUT2D eigenvalue weighted by atomic mass is 16.5. The van der Waals surface area contributed by atoms with Gasteiger partial charge < -0.3 is 24.6 Å². The first kappa shape index (κ1) is 21.5. The molecule has 2 heterocycles. The highest BCUT2D eigenvalue weighted by Crippen LogP contribution is 2.17. The molecule has 0 aromatic rings. The number of guanidine groups is 1. The molecule has 0 spiro atoms. The molecule has 2 aliphatic heterocycles. The Balaban J connectivity index is 1.55. The fourth-order valence-electron chi connectivity index (χ4n) is 4.04. The van der Waals surface area contributed by atoms with Gasteiger partial charge in [0, 0.05) is 46.3 Å². The Kier molecular flexibility index (Phi) is 10.3. The van der Waals surface area contributed by atoms with E-state index in [1.54, 1.807) is 7.11 Å². The predicted octanol–water partition coefficient (Wildman–Crippen LogP) is 2.06. The summed E-state index contributed by atoms with van der Waals surface area (Å²) in [5.74, 6) is 2.53. The van der Waals surface area contributed by atoms with Crippen molar-refractivity contribution in [1.82, 2.24) is 15.1 Å². The van der Waals surface area contributed by atoms with Crippen molar-refractivity contribution in [3.8, 4) is 0 Å². The minimum Gasteiger partial charge on any atom is -0.382 e. The molecule has 0 saturated carbocycles. The van der Waals surface area contributed by atoms with Crippen LogP contribution in [0.15, 0.2) is 4.99 Å². The lowest BCUT2D eigenvalue weighted by Gasteiger charge is -2.30. The van der Waals surface area contributed by atoms with Gasteiger partial charge in [0.2, 0.25) is 0 Å². The van der Waals surface area contributed by atoms with Crippen molar-refractivity contribution in [2.45, 2.75) is 39.0 Å². The fraction of sp³-hybridized carbons (Fsp3) is 0.950. The Morgan fingerprint density at radius 3 is 2.81 bits per heavy atom. The molecule has 0 radical (unpaired) electrons. The number of hydrogen-bond donors (Lipinski definition) is 1. The predicted molar refractivity (Wildman–Crippen MR) is 108 cm³/mol. The Morgan fingerprint density at radius 1 is 1.15 bits per heavy atom. The summed E-state index contributed by atoms with van der Waals surface area (Å²) < 4.78 is 10.7. The van der Waals surface area contributed by atoms with Crippen LogP contribution in [0.3, 0.4) is 0 Å². The first-order valence-electron chi connectivity index (χ1n) is 10.5. The molecule has 1 N–H and O–H groups in total. The van der Waals surface area contributed by atoms with E-state index in [2.05, 4.69) is 27.0 Å². The van der Waals surface area contributed by atoms with E-state index >= 15 is 0 Å². The molecule has 6 nitrogen and oxygen atoms in total. The summed E-state index contributed by atoms with van der Waals surface area (Å²) in [5.41, 5.74) is 0. The molecule has 0 aliphatic carbocycles. The Labute approximate surface area is 160 Å². The lowest BCUT2D eigenvalue weighted by Crippen LogP contribution is -2.41. The SMILES string of the molecule is CN=C(NCCCCN1CCCC(C)C1)N1CCC(COCCOC)C1.